The third-order valence-corrected chi connectivity index (χ3v) is 4.32. The molecule has 20 heavy (non-hydrogen) atoms. The fraction of sp³-hybridized carbons (Fsp3) is 0.933. The van der Waals surface area contributed by atoms with Crippen LogP contribution in [0.5, 0.6) is 0 Å². The summed E-state index contributed by atoms with van der Waals surface area (Å²) in [4.78, 5) is 14.4. The van der Waals surface area contributed by atoms with E-state index in [1.54, 1.807) is 0 Å². The summed E-state index contributed by atoms with van der Waals surface area (Å²) in [5.41, 5.74) is 5.54. The maximum Gasteiger partial charge on any atom is 0.227 e. The number of nitrogens with two attached hydrogens (primary N) is 1. The second kappa shape index (κ2) is 8.60. The minimum absolute atomic E-state index is 0.114. The molecule has 5 nitrogen and oxygen atoms in total. The van der Waals surface area contributed by atoms with Crippen molar-refractivity contribution in [2.75, 3.05) is 46.9 Å². The first-order valence-corrected chi connectivity index (χ1v) is 7.71. The molecular formula is C15H31N3O2. The van der Waals surface area contributed by atoms with E-state index >= 15 is 0 Å². The Morgan fingerprint density at radius 1 is 1.35 bits per heavy atom. The lowest BCUT2D eigenvalue weighted by atomic mass is 9.70. The average Bonchev–Trinajstić information content (AvgIpc) is 2.43. The largest absolute Gasteiger partial charge is 0.378 e. The van der Waals surface area contributed by atoms with Gasteiger partial charge in [0, 0.05) is 19.6 Å². The molecule has 1 rings (SSSR count). The van der Waals surface area contributed by atoms with Crippen LogP contribution in [0.1, 0.15) is 32.6 Å². The van der Waals surface area contributed by atoms with Crippen molar-refractivity contribution in [3.05, 3.63) is 0 Å². The van der Waals surface area contributed by atoms with Crippen molar-refractivity contribution in [2.45, 2.75) is 32.6 Å². The van der Waals surface area contributed by atoms with Crippen LogP contribution >= 0.6 is 0 Å². The maximum atomic E-state index is 12.3. The predicted molar refractivity (Wildman–Crippen MR) is 81.5 cm³/mol. The Labute approximate surface area is 123 Å². The molecule has 0 aromatic rings. The highest BCUT2D eigenvalue weighted by atomic mass is 16.5. The second-order valence-corrected chi connectivity index (χ2v) is 6.34. The Bertz CT molecular complexity index is 287. The molecular weight excluding hydrogens is 254 g/mol. The molecule has 1 aliphatic carbocycles. The Balaban J connectivity index is 2.23. The lowest BCUT2D eigenvalue weighted by Gasteiger charge is -2.37. The van der Waals surface area contributed by atoms with Gasteiger partial charge >= 0.3 is 0 Å². The molecule has 0 unspecified atom stereocenters. The van der Waals surface area contributed by atoms with Crippen LogP contribution in [0.4, 0.5) is 0 Å². The van der Waals surface area contributed by atoms with Gasteiger partial charge in [-0.3, -0.25) is 4.79 Å². The zero-order valence-corrected chi connectivity index (χ0v) is 13.3. The minimum Gasteiger partial charge on any atom is -0.378 e. The first-order chi connectivity index (χ1) is 9.50. The van der Waals surface area contributed by atoms with Crippen LogP contribution in [-0.4, -0.2) is 57.8 Å². The summed E-state index contributed by atoms with van der Waals surface area (Å²) < 4.78 is 5.48. The number of rotatable bonds is 8. The van der Waals surface area contributed by atoms with Crippen LogP contribution in [0.15, 0.2) is 0 Å². The van der Waals surface area contributed by atoms with Gasteiger partial charge in [0.1, 0.15) is 0 Å². The molecule has 0 bridgehead atoms. The Hall–Kier alpha value is -0.650. The number of nitrogens with one attached hydrogen (secondary N) is 1. The summed E-state index contributed by atoms with van der Waals surface area (Å²) in [5, 5.41) is 2.99. The van der Waals surface area contributed by atoms with Gasteiger partial charge in [-0.25, -0.2) is 0 Å². The summed E-state index contributed by atoms with van der Waals surface area (Å²) in [7, 11) is 4.03. The van der Waals surface area contributed by atoms with Crippen LogP contribution in [-0.2, 0) is 9.53 Å². The van der Waals surface area contributed by atoms with Gasteiger partial charge in [0.15, 0.2) is 0 Å². The molecule has 1 fully saturated rings. The van der Waals surface area contributed by atoms with E-state index in [2.05, 4.69) is 17.1 Å². The van der Waals surface area contributed by atoms with E-state index in [-0.39, 0.29) is 11.3 Å². The van der Waals surface area contributed by atoms with Crippen molar-refractivity contribution >= 4 is 5.91 Å². The molecule has 1 aliphatic rings. The summed E-state index contributed by atoms with van der Waals surface area (Å²) in [6.45, 7) is 5.44. The number of hydrogen-bond donors (Lipinski definition) is 2. The Morgan fingerprint density at radius 2 is 2.00 bits per heavy atom. The molecule has 0 saturated heterocycles. The van der Waals surface area contributed by atoms with Crippen LogP contribution < -0.4 is 11.1 Å². The number of hydrogen-bond acceptors (Lipinski definition) is 4. The van der Waals surface area contributed by atoms with Crippen molar-refractivity contribution in [1.82, 2.24) is 10.2 Å². The molecule has 0 aromatic heterocycles. The van der Waals surface area contributed by atoms with E-state index in [1.807, 2.05) is 14.1 Å². The summed E-state index contributed by atoms with van der Waals surface area (Å²) >= 11 is 0. The van der Waals surface area contributed by atoms with Crippen molar-refractivity contribution in [2.24, 2.45) is 17.1 Å². The van der Waals surface area contributed by atoms with E-state index in [0.29, 0.717) is 26.3 Å². The molecule has 0 aliphatic heterocycles. The molecule has 0 heterocycles. The van der Waals surface area contributed by atoms with Crippen molar-refractivity contribution in [1.29, 1.82) is 0 Å². The molecule has 0 spiro atoms. The fourth-order valence-corrected chi connectivity index (χ4v) is 2.61. The topological polar surface area (TPSA) is 67.6 Å². The van der Waals surface area contributed by atoms with Gasteiger partial charge in [0.2, 0.25) is 5.91 Å². The van der Waals surface area contributed by atoms with Gasteiger partial charge in [-0.2, -0.15) is 0 Å². The quantitative estimate of drug-likeness (QED) is 0.648. The van der Waals surface area contributed by atoms with Gasteiger partial charge < -0.3 is 20.7 Å². The van der Waals surface area contributed by atoms with Crippen molar-refractivity contribution in [3.63, 3.8) is 0 Å². The standard InChI is InChI=1S/C15H31N3O2/c1-13-4-6-15(12-16,7-5-13)14(19)17-8-10-20-11-9-18(2)3/h13H,4-12,16H2,1-3H3,(H,17,19). The molecule has 5 heteroatoms. The average molecular weight is 285 g/mol. The number of likely N-dealkylation sites (N-methyl/N-ethyl adjacent to an activating group) is 1. The summed E-state index contributed by atoms with van der Waals surface area (Å²) in [5.74, 6) is 0.833. The molecule has 118 valence electrons. The highest BCUT2D eigenvalue weighted by Gasteiger charge is 2.39. The zero-order chi connectivity index (χ0) is 15.0. The molecule has 0 atom stereocenters. The Kier molecular flexibility index (Phi) is 7.48. The number of ether oxygens (including phenoxy) is 1. The van der Waals surface area contributed by atoms with Crippen molar-refractivity contribution < 1.29 is 9.53 Å². The fourth-order valence-electron chi connectivity index (χ4n) is 2.61. The molecule has 3 N–H and O–H groups in total. The van der Waals surface area contributed by atoms with E-state index in [0.717, 1.165) is 38.1 Å². The Morgan fingerprint density at radius 3 is 2.55 bits per heavy atom. The molecule has 0 radical (unpaired) electrons. The van der Waals surface area contributed by atoms with E-state index in [9.17, 15) is 4.79 Å². The monoisotopic (exact) mass is 285 g/mol. The second-order valence-electron chi connectivity index (χ2n) is 6.34. The van der Waals surface area contributed by atoms with Crippen molar-refractivity contribution in [3.8, 4) is 0 Å². The number of nitrogens with zero attached hydrogens (tertiary/aromatic N) is 1. The number of carbonyl (C=O) groups is 1. The number of amides is 1. The first-order valence-electron chi connectivity index (χ1n) is 7.71. The van der Waals surface area contributed by atoms with Crippen LogP contribution in [0, 0.1) is 11.3 Å². The van der Waals surface area contributed by atoms with E-state index < -0.39 is 0 Å². The zero-order valence-electron chi connectivity index (χ0n) is 13.3. The normalized spacial score (nSPS) is 26.8. The molecule has 1 amide bonds. The van der Waals surface area contributed by atoms with Crippen LogP contribution in [0.2, 0.25) is 0 Å². The van der Waals surface area contributed by atoms with Gasteiger partial charge in [0.05, 0.1) is 18.6 Å². The SMILES string of the molecule is CC1CCC(CN)(C(=O)NCCOCCN(C)C)CC1. The third-order valence-electron chi connectivity index (χ3n) is 4.32. The lowest BCUT2D eigenvalue weighted by Crippen LogP contribution is -2.48. The van der Waals surface area contributed by atoms with Gasteiger partial charge in [-0.15, -0.1) is 0 Å². The lowest BCUT2D eigenvalue weighted by molar-refractivity contribution is -0.133. The maximum absolute atomic E-state index is 12.3. The summed E-state index contributed by atoms with van der Waals surface area (Å²) in [6, 6.07) is 0. The third kappa shape index (κ3) is 5.38. The molecule has 1 saturated carbocycles. The number of carbonyl (C=O) groups excluding carboxylic acids is 1. The first kappa shape index (κ1) is 17.4. The van der Waals surface area contributed by atoms with Gasteiger partial charge in [0.25, 0.3) is 0 Å². The van der Waals surface area contributed by atoms with Crippen LogP contribution in [0.3, 0.4) is 0 Å². The highest BCUT2D eigenvalue weighted by molar-refractivity contribution is 5.83. The highest BCUT2D eigenvalue weighted by Crippen LogP contribution is 2.38. The minimum atomic E-state index is -0.337. The summed E-state index contributed by atoms with van der Waals surface area (Å²) in [6.07, 6.45) is 4.03. The van der Waals surface area contributed by atoms with Crippen LogP contribution in [0.25, 0.3) is 0 Å². The molecule has 0 aromatic carbocycles. The van der Waals surface area contributed by atoms with E-state index in [4.69, 9.17) is 10.5 Å². The van der Waals surface area contributed by atoms with E-state index in [1.165, 1.54) is 0 Å². The smallest absolute Gasteiger partial charge is 0.227 e. The van der Waals surface area contributed by atoms with Gasteiger partial charge in [-0.05, 0) is 45.7 Å². The predicted octanol–water partition coefficient (Wildman–Crippen LogP) is 0.836. The van der Waals surface area contributed by atoms with Gasteiger partial charge in [-0.1, -0.05) is 6.92 Å².